The van der Waals surface area contributed by atoms with E-state index in [9.17, 15) is 4.79 Å². The quantitative estimate of drug-likeness (QED) is 0.829. The van der Waals surface area contributed by atoms with Crippen molar-refractivity contribution in [1.82, 2.24) is 4.90 Å². The Kier molecular flexibility index (Phi) is 4.36. The summed E-state index contributed by atoms with van der Waals surface area (Å²) < 4.78 is 5.53. The van der Waals surface area contributed by atoms with Crippen LogP contribution in [0.3, 0.4) is 0 Å². The van der Waals surface area contributed by atoms with E-state index in [2.05, 4.69) is 30.3 Å². The van der Waals surface area contributed by atoms with Gasteiger partial charge in [0.25, 0.3) is 5.91 Å². The van der Waals surface area contributed by atoms with Gasteiger partial charge in [0.1, 0.15) is 6.10 Å². The summed E-state index contributed by atoms with van der Waals surface area (Å²) in [6.07, 6.45) is 5.11. The highest BCUT2D eigenvalue weighted by Crippen LogP contribution is 2.28. The molecule has 0 bridgehead atoms. The molecule has 0 radical (unpaired) electrons. The summed E-state index contributed by atoms with van der Waals surface area (Å²) in [5, 5.41) is 0. The molecule has 0 N–H and O–H groups in total. The van der Waals surface area contributed by atoms with Crippen molar-refractivity contribution in [3.8, 4) is 0 Å². The predicted octanol–water partition coefficient (Wildman–Crippen LogP) is 2.96. The van der Waals surface area contributed by atoms with Crippen LogP contribution in [-0.2, 0) is 9.53 Å². The zero-order valence-electron chi connectivity index (χ0n) is 12.0. The molecular weight excluding hydrogens is 250 g/mol. The van der Waals surface area contributed by atoms with Gasteiger partial charge < -0.3 is 9.64 Å². The van der Waals surface area contributed by atoms with Gasteiger partial charge in [0.05, 0.1) is 0 Å². The Morgan fingerprint density at radius 2 is 1.90 bits per heavy atom. The van der Waals surface area contributed by atoms with Crippen molar-refractivity contribution in [2.75, 3.05) is 19.7 Å². The maximum absolute atomic E-state index is 12.4. The molecule has 1 amide bonds. The van der Waals surface area contributed by atoms with E-state index in [1.54, 1.807) is 0 Å². The minimum absolute atomic E-state index is 0.164. The number of rotatable bonds is 2. The largest absolute Gasteiger partial charge is 0.368 e. The molecule has 2 atom stereocenters. The predicted molar refractivity (Wildman–Crippen MR) is 78.6 cm³/mol. The van der Waals surface area contributed by atoms with Crippen molar-refractivity contribution in [2.45, 2.75) is 44.1 Å². The lowest BCUT2D eigenvalue weighted by atomic mass is 9.92. The van der Waals surface area contributed by atoms with Gasteiger partial charge in [0, 0.05) is 19.7 Å². The Balaban J connectivity index is 1.60. The van der Waals surface area contributed by atoms with Crippen LogP contribution < -0.4 is 0 Å². The second kappa shape index (κ2) is 6.40. The molecule has 3 heteroatoms. The average Bonchev–Trinajstić information content (AvgIpc) is 2.92. The fourth-order valence-corrected chi connectivity index (χ4v) is 3.35. The topological polar surface area (TPSA) is 29.5 Å². The van der Waals surface area contributed by atoms with Crippen molar-refractivity contribution in [3.05, 3.63) is 35.9 Å². The van der Waals surface area contributed by atoms with E-state index in [0.29, 0.717) is 5.92 Å². The van der Waals surface area contributed by atoms with Crippen molar-refractivity contribution >= 4 is 5.91 Å². The lowest BCUT2D eigenvalue weighted by molar-refractivity contribution is -0.140. The summed E-state index contributed by atoms with van der Waals surface area (Å²) in [4.78, 5) is 14.4. The summed E-state index contributed by atoms with van der Waals surface area (Å²) in [7, 11) is 0. The van der Waals surface area contributed by atoms with E-state index < -0.39 is 0 Å². The summed E-state index contributed by atoms with van der Waals surface area (Å²) in [5.74, 6) is 0.815. The summed E-state index contributed by atoms with van der Waals surface area (Å²) >= 11 is 0. The molecule has 0 spiro atoms. The summed E-state index contributed by atoms with van der Waals surface area (Å²) in [5.41, 5.74) is 1.42. The van der Waals surface area contributed by atoms with Gasteiger partial charge in [-0.2, -0.15) is 0 Å². The normalized spacial score (nSPS) is 27.3. The number of ether oxygens (including phenoxy) is 1. The first-order chi connectivity index (χ1) is 9.84. The van der Waals surface area contributed by atoms with Crippen LogP contribution in [-0.4, -0.2) is 36.6 Å². The van der Waals surface area contributed by atoms with Crippen molar-refractivity contribution in [1.29, 1.82) is 0 Å². The third-order valence-electron chi connectivity index (χ3n) is 4.52. The zero-order chi connectivity index (χ0) is 13.8. The van der Waals surface area contributed by atoms with Crippen LogP contribution in [0.5, 0.6) is 0 Å². The molecule has 3 rings (SSSR count). The van der Waals surface area contributed by atoms with E-state index in [4.69, 9.17) is 4.74 Å². The Labute approximate surface area is 120 Å². The molecule has 0 unspecified atom stereocenters. The monoisotopic (exact) mass is 273 g/mol. The number of carbonyl (C=O) groups excluding carboxylic acids is 1. The molecule has 1 aromatic rings. The molecular formula is C17H23NO2. The molecule has 2 fully saturated rings. The Morgan fingerprint density at radius 3 is 2.65 bits per heavy atom. The summed E-state index contributed by atoms with van der Waals surface area (Å²) in [6, 6.07) is 10.7. The first kappa shape index (κ1) is 13.6. The lowest BCUT2D eigenvalue weighted by Gasteiger charge is -2.23. The van der Waals surface area contributed by atoms with Crippen molar-refractivity contribution in [2.24, 2.45) is 0 Å². The van der Waals surface area contributed by atoms with Crippen LogP contribution in [0.4, 0.5) is 0 Å². The number of carbonyl (C=O) groups is 1. The van der Waals surface area contributed by atoms with Crippen LogP contribution in [0, 0.1) is 0 Å². The molecule has 20 heavy (non-hydrogen) atoms. The summed E-state index contributed by atoms with van der Waals surface area (Å²) in [6.45, 7) is 2.51. The van der Waals surface area contributed by atoms with E-state index in [0.717, 1.165) is 45.4 Å². The first-order valence-electron chi connectivity index (χ1n) is 7.80. The minimum atomic E-state index is -0.164. The van der Waals surface area contributed by atoms with Crippen LogP contribution in [0.1, 0.15) is 43.6 Å². The van der Waals surface area contributed by atoms with Crippen LogP contribution in [0.25, 0.3) is 0 Å². The maximum atomic E-state index is 12.4. The van der Waals surface area contributed by atoms with Crippen LogP contribution in [0.2, 0.25) is 0 Å². The molecule has 0 aromatic heterocycles. The molecule has 108 valence electrons. The van der Waals surface area contributed by atoms with E-state index in [-0.39, 0.29) is 12.0 Å². The molecule has 0 saturated carbocycles. The van der Waals surface area contributed by atoms with Gasteiger partial charge in [-0.15, -0.1) is 0 Å². The molecule has 3 nitrogen and oxygen atoms in total. The molecule has 2 aliphatic rings. The number of hydrogen-bond acceptors (Lipinski definition) is 2. The highest BCUT2D eigenvalue weighted by Gasteiger charge is 2.29. The van der Waals surface area contributed by atoms with Crippen molar-refractivity contribution < 1.29 is 9.53 Å². The first-order valence-corrected chi connectivity index (χ1v) is 7.80. The number of benzene rings is 1. The molecule has 2 heterocycles. The zero-order valence-corrected chi connectivity index (χ0v) is 12.0. The Bertz CT molecular complexity index is 440. The molecule has 2 saturated heterocycles. The van der Waals surface area contributed by atoms with Crippen LogP contribution in [0.15, 0.2) is 30.3 Å². The number of amides is 1. The molecule has 0 aliphatic carbocycles. The standard InChI is InChI=1S/C17H23NO2/c19-17(16-9-5-13-20-16)18-11-4-8-15(10-12-18)14-6-2-1-3-7-14/h1-3,6-7,15-16H,4-5,8-13H2/t15-,16+/m0/s1. The smallest absolute Gasteiger partial charge is 0.251 e. The van der Waals surface area contributed by atoms with Gasteiger partial charge in [-0.05, 0) is 43.6 Å². The average molecular weight is 273 g/mol. The Hall–Kier alpha value is -1.35. The Morgan fingerprint density at radius 1 is 1.05 bits per heavy atom. The second-order valence-electron chi connectivity index (χ2n) is 5.87. The fourth-order valence-electron chi connectivity index (χ4n) is 3.35. The number of nitrogens with zero attached hydrogens (tertiary/aromatic N) is 1. The third-order valence-corrected chi connectivity index (χ3v) is 4.52. The molecule has 2 aliphatic heterocycles. The van der Waals surface area contributed by atoms with Crippen LogP contribution >= 0.6 is 0 Å². The van der Waals surface area contributed by atoms with Gasteiger partial charge in [0.2, 0.25) is 0 Å². The van der Waals surface area contributed by atoms with Gasteiger partial charge in [-0.1, -0.05) is 30.3 Å². The van der Waals surface area contributed by atoms with Gasteiger partial charge in [0.15, 0.2) is 0 Å². The number of hydrogen-bond donors (Lipinski definition) is 0. The van der Waals surface area contributed by atoms with E-state index in [1.807, 2.05) is 4.90 Å². The minimum Gasteiger partial charge on any atom is -0.368 e. The van der Waals surface area contributed by atoms with E-state index >= 15 is 0 Å². The third kappa shape index (κ3) is 3.04. The van der Waals surface area contributed by atoms with Gasteiger partial charge in [-0.3, -0.25) is 4.79 Å². The number of likely N-dealkylation sites (tertiary alicyclic amines) is 1. The second-order valence-corrected chi connectivity index (χ2v) is 5.87. The highest BCUT2D eigenvalue weighted by atomic mass is 16.5. The van der Waals surface area contributed by atoms with Crippen molar-refractivity contribution in [3.63, 3.8) is 0 Å². The SMILES string of the molecule is O=C([C@H]1CCCO1)N1CCC[C@H](c2ccccc2)CC1. The fraction of sp³-hybridized carbons (Fsp3) is 0.588. The maximum Gasteiger partial charge on any atom is 0.251 e. The highest BCUT2D eigenvalue weighted by molar-refractivity contribution is 5.81. The van der Waals surface area contributed by atoms with Gasteiger partial charge >= 0.3 is 0 Å². The van der Waals surface area contributed by atoms with E-state index in [1.165, 1.54) is 12.0 Å². The lowest BCUT2D eigenvalue weighted by Crippen LogP contribution is -2.39. The van der Waals surface area contributed by atoms with Gasteiger partial charge in [-0.25, -0.2) is 0 Å². The molecule has 1 aromatic carbocycles.